The SMILES string of the molecule is CC1=CN=C2SC=ICCC12. The maximum absolute atomic E-state index is 4.40. The average molecular weight is 279 g/mol. The molecule has 0 aromatic carbocycles. The van der Waals surface area contributed by atoms with E-state index in [0.29, 0.717) is 26.6 Å². The maximum Gasteiger partial charge on any atom is 0.0849 e. The quantitative estimate of drug-likeness (QED) is 0.490. The fourth-order valence-electron chi connectivity index (χ4n) is 1.30. The van der Waals surface area contributed by atoms with Crippen molar-refractivity contribution in [3.05, 3.63) is 11.8 Å². The third kappa shape index (κ3) is 1.59. The van der Waals surface area contributed by atoms with E-state index in [1.807, 2.05) is 18.0 Å². The lowest BCUT2D eigenvalue weighted by Gasteiger charge is -2.09. The van der Waals surface area contributed by atoms with E-state index in [1.165, 1.54) is 21.5 Å². The number of nitrogens with zero attached hydrogens (tertiary/aromatic N) is 1. The van der Waals surface area contributed by atoms with E-state index in [4.69, 9.17) is 0 Å². The molecular weight excluding hydrogens is 269 g/mol. The van der Waals surface area contributed by atoms with Gasteiger partial charge in [0.25, 0.3) is 0 Å². The minimum absolute atomic E-state index is 0.371. The number of allylic oxidation sites excluding steroid dienone is 1. The van der Waals surface area contributed by atoms with E-state index in [9.17, 15) is 0 Å². The van der Waals surface area contributed by atoms with Crippen molar-refractivity contribution in [2.45, 2.75) is 13.3 Å². The van der Waals surface area contributed by atoms with Gasteiger partial charge in [-0.05, 0) is 23.3 Å². The zero-order valence-electron chi connectivity index (χ0n) is 6.38. The van der Waals surface area contributed by atoms with Gasteiger partial charge in [-0.3, -0.25) is 4.99 Å². The number of rotatable bonds is 0. The summed E-state index contributed by atoms with van der Waals surface area (Å²) in [4.78, 5) is 4.40. The van der Waals surface area contributed by atoms with Crippen LogP contribution in [0.3, 0.4) is 0 Å². The molecule has 11 heavy (non-hydrogen) atoms. The molecule has 0 aromatic rings. The Labute approximate surface area is 81.1 Å². The highest BCUT2D eigenvalue weighted by Crippen LogP contribution is 2.32. The summed E-state index contributed by atoms with van der Waals surface area (Å²) in [6, 6.07) is 0. The Kier molecular flexibility index (Phi) is 2.46. The molecule has 1 atom stereocenters. The third-order valence-electron chi connectivity index (χ3n) is 1.98. The van der Waals surface area contributed by atoms with Crippen LogP contribution in [0.15, 0.2) is 16.8 Å². The van der Waals surface area contributed by atoms with Crippen molar-refractivity contribution in [3.63, 3.8) is 0 Å². The Hall–Kier alpha value is 0.360. The van der Waals surface area contributed by atoms with Crippen molar-refractivity contribution in [2.75, 3.05) is 4.43 Å². The monoisotopic (exact) mass is 279 g/mol. The molecule has 0 aromatic heterocycles. The Morgan fingerprint density at radius 3 is 3.55 bits per heavy atom. The predicted octanol–water partition coefficient (Wildman–Crippen LogP) is 2.79. The van der Waals surface area contributed by atoms with Crippen LogP contribution in [0.4, 0.5) is 0 Å². The van der Waals surface area contributed by atoms with Crippen molar-refractivity contribution in [2.24, 2.45) is 10.9 Å². The van der Waals surface area contributed by atoms with Gasteiger partial charge in [-0.15, -0.1) is 20.7 Å². The molecule has 3 heteroatoms. The summed E-state index contributed by atoms with van der Waals surface area (Å²) in [7, 11) is 0. The summed E-state index contributed by atoms with van der Waals surface area (Å²) >= 11 is 2.25. The van der Waals surface area contributed by atoms with Gasteiger partial charge >= 0.3 is 0 Å². The van der Waals surface area contributed by atoms with Crippen molar-refractivity contribution in [1.82, 2.24) is 0 Å². The van der Waals surface area contributed by atoms with Crippen LogP contribution in [0.25, 0.3) is 0 Å². The predicted molar refractivity (Wildman–Crippen MR) is 61.8 cm³/mol. The van der Waals surface area contributed by atoms with Gasteiger partial charge in [0.15, 0.2) is 0 Å². The molecule has 0 radical (unpaired) electrons. The lowest BCUT2D eigenvalue weighted by Crippen LogP contribution is -2.07. The van der Waals surface area contributed by atoms with Crippen LogP contribution < -0.4 is 0 Å². The third-order valence-corrected chi connectivity index (χ3v) is 5.91. The summed E-state index contributed by atoms with van der Waals surface area (Å²) in [5.74, 6) is 0.693. The number of fused-ring (bicyclic) bond motifs is 1. The van der Waals surface area contributed by atoms with E-state index in [-0.39, 0.29) is 0 Å². The molecule has 0 bridgehead atoms. The average Bonchev–Trinajstić information content (AvgIpc) is 2.25. The maximum atomic E-state index is 4.40. The van der Waals surface area contributed by atoms with Gasteiger partial charge in [-0.25, -0.2) is 0 Å². The molecule has 2 rings (SSSR count). The second kappa shape index (κ2) is 3.39. The van der Waals surface area contributed by atoms with E-state index in [0.717, 1.165) is 0 Å². The van der Waals surface area contributed by atoms with Gasteiger partial charge in [0.2, 0.25) is 0 Å². The summed E-state index contributed by atoms with van der Waals surface area (Å²) in [5, 5.41) is 1.35. The van der Waals surface area contributed by atoms with Gasteiger partial charge in [0.1, 0.15) is 0 Å². The van der Waals surface area contributed by atoms with Crippen molar-refractivity contribution >= 4 is 40.9 Å². The standard InChI is InChI=1S/C8H10INS/c1-6-4-10-8-7(6)2-3-9-5-11-8/h4-5,7H,2-3H2,1H3. The van der Waals surface area contributed by atoms with Crippen LogP contribution in [0.5, 0.6) is 0 Å². The minimum atomic E-state index is 0.371. The number of aliphatic imine (C=N–C) groups is 1. The Morgan fingerprint density at radius 2 is 2.64 bits per heavy atom. The van der Waals surface area contributed by atoms with Crippen molar-refractivity contribution < 1.29 is 0 Å². The normalized spacial score (nSPS) is 29.7. The molecule has 60 valence electrons. The lowest BCUT2D eigenvalue weighted by atomic mass is 10.0. The van der Waals surface area contributed by atoms with E-state index in [2.05, 4.69) is 15.3 Å². The molecule has 1 unspecified atom stereocenters. The van der Waals surface area contributed by atoms with Gasteiger partial charge in [0, 0.05) is 15.5 Å². The molecule has 1 nitrogen and oxygen atoms in total. The van der Waals surface area contributed by atoms with Crippen LogP contribution in [0, 0.1) is 5.92 Å². The van der Waals surface area contributed by atoms with E-state index >= 15 is 0 Å². The van der Waals surface area contributed by atoms with Crippen LogP contribution in [0.2, 0.25) is 0 Å². The highest BCUT2D eigenvalue weighted by atomic mass is 127. The van der Waals surface area contributed by atoms with Gasteiger partial charge in [-0.1, -0.05) is 11.8 Å². The largest absolute Gasteiger partial charge is 0.253 e. The van der Waals surface area contributed by atoms with Crippen LogP contribution in [-0.2, 0) is 0 Å². The zero-order chi connectivity index (χ0) is 7.68. The molecule has 0 saturated heterocycles. The first kappa shape index (κ1) is 7.98. The number of hydrogen-bond donors (Lipinski definition) is 0. The highest BCUT2D eigenvalue weighted by molar-refractivity contribution is 14.2. The van der Waals surface area contributed by atoms with E-state index < -0.39 is 0 Å². The summed E-state index contributed by atoms with van der Waals surface area (Å²) in [6.07, 6.45) is 3.38. The van der Waals surface area contributed by atoms with Crippen molar-refractivity contribution in [1.29, 1.82) is 0 Å². The zero-order valence-corrected chi connectivity index (χ0v) is 9.35. The minimum Gasteiger partial charge on any atom is -0.253 e. The number of alkyl halides is 1. The highest BCUT2D eigenvalue weighted by Gasteiger charge is 2.22. The Morgan fingerprint density at radius 1 is 1.73 bits per heavy atom. The number of thioether (sulfide) groups is 1. The summed E-state index contributed by atoms with van der Waals surface area (Å²) < 4.78 is 3.82. The second-order valence-corrected chi connectivity index (χ2v) is 7.05. The molecular formula is C8H10INS. The molecule has 2 aliphatic rings. The first-order valence-electron chi connectivity index (χ1n) is 3.68. The Bertz CT molecular complexity index is 255. The lowest BCUT2D eigenvalue weighted by molar-refractivity contribution is 0.808. The van der Waals surface area contributed by atoms with E-state index in [1.54, 1.807) is 0 Å². The second-order valence-electron chi connectivity index (χ2n) is 2.73. The van der Waals surface area contributed by atoms with Crippen LogP contribution >= 0.6 is 32.5 Å². The summed E-state index contributed by atoms with van der Waals surface area (Å²) in [5.41, 5.74) is 1.46. The smallest absolute Gasteiger partial charge is 0.0849 e. The van der Waals surface area contributed by atoms with Crippen molar-refractivity contribution in [3.8, 4) is 0 Å². The first-order chi connectivity index (χ1) is 5.38. The van der Waals surface area contributed by atoms with Crippen LogP contribution in [-0.4, -0.2) is 12.8 Å². The van der Waals surface area contributed by atoms with Gasteiger partial charge in [0.05, 0.1) is 5.04 Å². The molecule has 0 saturated carbocycles. The molecule has 2 aliphatic heterocycles. The molecule has 0 spiro atoms. The van der Waals surface area contributed by atoms with Gasteiger partial charge < -0.3 is 0 Å². The van der Waals surface area contributed by atoms with Crippen LogP contribution in [0.1, 0.15) is 13.3 Å². The topological polar surface area (TPSA) is 12.4 Å². The number of halogens is 1. The molecule has 0 aliphatic carbocycles. The fraction of sp³-hybridized carbons (Fsp3) is 0.500. The Balaban J connectivity index is 2.21. The molecule has 0 N–H and O–H groups in total. The molecule has 2 heterocycles. The first-order valence-corrected chi connectivity index (χ1v) is 7.33. The number of hydrogen-bond acceptors (Lipinski definition) is 2. The molecule has 0 amide bonds. The fourth-order valence-corrected chi connectivity index (χ4v) is 5.19. The summed E-state index contributed by atoms with van der Waals surface area (Å²) in [6.45, 7) is 2.20. The van der Waals surface area contributed by atoms with Gasteiger partial charge in [-0.2, -0.15) is 0 Å². The molecule has 0 fully saturated rings.